The van der Waals surface area contributed by atoms with E-state index >= 15 is 0 Å². The Morgan fingerprint density at radius 3 is 2.39 bits per heavy atom. The molecule has 0 aliphatic carbocycles. The lowest BCUT2D eigenvalue weighted by Crippen LogP contribution is -2.48. The Morgan fingerprint density at radius 2 is 1.82 bits per heavy atom. The second-order valence-electron chi connectivity index (χ2n) is 7.75. The number of rotatable bonds is 6. The van der Waals surface area contributed by atoms with E-state index in [-0.39, 0.29) is 48.2 Å². The number of morpholine rings is 1. The van der Waals surface area contributed by atoms with E-state index < -0.39 is 21.3 Å². The predicted molar refractivity (Wildman–Crippen MR) is 105 cm³/mol. The molecule has 1 aliphatic rings. The van der Waals surface area contributed by atoms with Gasteiger partial charge in [0.1, 0.15) is 0 Å². The Hall–Kier alpha value is -1.97. The lowest BCUT2D eigenvalue weighted by Gasteiger charge is -2.34. The van der Waals surface area contributed by atoms with Crippen molar-refractivity contribution in [3.63, 3.8) is 0 Å². The fourth-order valence-corrected chi connectivity index (χ4v) is 4.73. The number of ether oxygens (including phenoxy) is 1. The second kappa shape index (κ2) is 8.59. The lowest BCUT2D eigenvalue weighted by molar-refractivity contribution is -0.128. The lowest BCUT2D eigenvalue weighted by atomic mass is 9.92. The Kier molecular flexibility index (Phi) is 6.84. The highest BCUT2D eigenvalue weighted by atomic mass is 32.2. The van der Waals surface area contributed by atoms with Crippen LogP contribution in [0.3, 0.4) is 0 Å². The highest BCUT2D eigenvalue weighted by Crippen LogP contribution is 2.22. The fourth-order valence-electron chi connectivity index (χ4n) is 3.10. The Bertz CT molecular complexity index is 828. The summed E-state index contributed by atoms with van der Waals surface area (Å²) >= 11 is 0. The molecular weight excluding hydrogens is 382 g/mol. The van der Waals surface area contributed by atoms with E-state index in [0.717, 1.165) is 0 Å². The Morgan fingerprint density at radius 1 is 1.21 bits per heavy atom. The highest BCUT2D eigenvalue weighted by molar-refractivity contribution is 7.89. The highest BCUT2D eigenvalue weighted by Gasteiger charge is 2.32. The summed E-state index contributed by atoms with van der Waals surface area (Å²) in [5.41, 5.74) is -0.558. The first-order chi connectivity index (χ1) is 13.0. The molecule has 1 heterocycles. The predicted octanol–water partition coefficient (Wildman–Crippen LogP) is 0.986. The number of benzene rings is 1. The van der Waals surface area contributed by atoms with Crippen LogP contribution in [0.25, 0.3) is 0 Å². The molecule has 1 fully saturated rings. The average molecular weight is 412 g/mol. The zero-order chi connectivity index (χ0) is 21.1. The van der Waals surface area contributed by atoms with Crippen LogP contribution in [0.15, 0.2) is 29.2 Å². The summed E-state index contributed by atoms with van der Waals surface area (Å²) in [7, 11) is -2.20. The van der Waals surface area contributed by atoms with E-state index in [4.69, 9.17) is 4.74 Å². The minimum Gasteiger partial charge on any atom is -0.373 e. The Labute approximate surface area is 166 Å². The van der Waals surface area contributed by atoms with Gasteiger partial charge in [-0.3, -0.25) is 9.59 Å². The molecule has 1 saturated heterocycles. The van der Waals surface area contributed by atoms with Crippen molar-refractivity contribution in [3.05, 3.63) is 29.8 Å². The van der Waals surface area contributed by atoms with Gasteiger partial charge in [-0.15, -0.1) is 0 Å². The van der Waals surface area contributed by atoms with E-state index in [1.54, 1.807) is 26.0 Å². The third kappa shape index (κ3) is 5.09. The van der Waals surface area contributed by atoms with Gasteiger partial charge in [-0.1, -0.05) is 6.07 Å². The van der Waals surface area contributed by atoms with Crippen LogP contribution in [-0.2, 0) is 19.6 Å². The molecule has 156 valence electrons. The van der Waals surface area contributed by atoms with Crippen LogP contribution in [0.4, 0.5) is 0 Å². The molecule has 2 N–H and O–H groups in total. The van der Waals surface area contributed by atoms with Crippen molar-refractivity contribution in [2.24, 2.45) is 5.41 Å². The fraction of sp³-hybridized carbons (Fsp3) is 0.579. The Balaban J connectivity index is 2.17. The van der Waals surface area contributed by atoms with Gasteiger partial charge in [0.2, 0.25) is 15.9 Å². The van der Waals surface area contributed by atoms with Crippen molar-refractivity contribution in [1.82, 2.24) is 14.9 Å². The molecule has 0 radical (unpaired) electrons. The normalized spacial score (nSPS) is 21.2. The third-order valence-electron chi connectivity index (χ3n) is 4.65. The molecule has 0 spiro atoms. The number of carbonyl (C=O) groups excluding carboxylic acids is 2. The molecule has 0 bridgehead atoms. The van der Waals surface area contributed by atoms with Crippen LogP contribution in [0.5, 0.6) is 0 Å². The number of carbonyl (C=O) groups is 2. The van der Waals surface area contributed by atoms with E-state index in [1.807, 2.05) is 13.8 Å². The number of hydrogen-bond acceptors (Lipinski definition) is 5. The largest absolute Gasteiger partial charge is 0.373 e. The maximum Gasteiger partial charge on any atom is 0.251 e. The number of amides is 2. The monoisotopic (exact) mass is 411 g/mol. The molecule has 28 heavy (non-hydrogen) atoms. The average Bonchev–Trinajstić information content (AvgIpc) is 2.64. The molecular formula is C19H29N3O5S. The summed E-state index contributed by atoms with van der Waals surface area (Å²) in [5, 5.41) is 5.25. The van der Waals surface area contributed by atoms with Crippen molar-refractivity contribution in [2.45, 2.75) is 44.8 Å². The minimum absolute atomic E-state index is 0.0620. The summed E-state index contributed by atoms with van der Waals surface area (Å²) in [6.07, 6.45) is -0.395. The zero-order valence-electron chi connectivity index (χ0n) is 17.0. The SMILES string of the molecule is CNC(=O)C(C)(C)CNC(=O)c1cccc(S(=O)(=O)N2CC(C)OC(C)C2)c1. The van der Waals surface area contributed by atoms with Crippen molar-refractivity contribution in [1.29, 1.82) is 0 Å². The van der Waals surface area contributed by atoms with Crippen LogP contribution in [0.2, 0.25) is 0 Å². The summed E-state index contributed by atoms with van der Waals surface area (Å²) in [6, 6.07) is 5.93. The molecule has 2 rings (SSSR count). The summed E-state index contributed by atoms with van der Waals surface area (Å²) in [5.74, 6) is -0.627. The van der Waals surface area contributed by atoms with Gasteiger partial charge >= 0.3 is 0 Å². The molecule has 0 aromatic heterocycles. The van der Waals surface area contributed by atoms with Crippen LogP contribution < -0.4 is 10.6 Å². The minimum atomic E-state index is -3.74. The van der Waals surface area contributed by atoms with Gasteiger partial charge in [-0.25, -0.2) is 8.42 Å². The topological polar surface area (TPSA) is 105 Å². The first kappa shape index (κ1) is 22.3. The first-order valence-electron chi connectivity index (χ1n) is 9.23. The van der Waals surface area contributed by atoms with Gasteiger partial charge < -0.3 is 15.4 Å². The van der Waals surface area contributed by atoms with Crippen LogP contribution in [0.1, 0.15) is 38.1 Å². The van der Waals surface area contributed by atoms with E-state index in [1.165, 1.54) is 23.5 Å². The quantitative estimate of drug-likeness (QED) is 0.726. The maximum atomic E-state index is 13.0. The number of sulfonamides is 1. The van der Waals surface area contributed by atoms with Gasteiger partial charge in [0, 0.05) is 32.2 Å². The van der Waals surface area contributed by atoms with Crippen molar-refractivity contribution < 1.29 is 22.7 Å². The summed E-state index contributed by atoms with van der Waals surface area (Å²) < 4.78 is 33.0. The molecule has 2 unspecified atom stereocenters. The van der Waals surface area contributed by atoms with Gasteiger partial charge in [-0.2, -0.15) is 4.31 Å². The molecule has 2 atom stereocenters. The molecule has 8 nitrogen and oxygen atoms in total. The number of hydrogen-bond donors (Lipinski definition) is 2. The van der Waals surface area contributed by atoms with Crippen LogP contribution in [0, 0.1) is 5.41 Å². The summed E-state index contributed by atoms with van der Waals surface area (Å²) in [4.78, 5) is 24.4. The van der Waals surface area contributed by atoms with Gasteiger partial charge in [0.25, 0.3) is 5.91 Å². The van der Waals surface area contributed by atoms with E-state index in [9.17, 15) is 18.0 Å². The molecule has 9 heteroatoms. The number of nitrogens with zero attached hydrogens (tertiary/aromatic N) is 1. The molecule has 2 amide bonds. The van der Waals surface area contributed by atoms with Crippen molar-refractivity contribution >= 4 is 21.8 Å². The van der Waals surface area contributed by atoms with Crippen LogP contribution >= 0.6 is 0 Å². The van der Waals surface area contributed by atoms with Gasteiger partial charge in [0.15, 0.2) is 0 Å². The zero-order valence-corrected chi connectivity index (χ0v) is 17.8. The van der Waals surface area contributed by atoms with Gasteiger partial charge in [-0.05, 0) is 45.9 Å². The molecule has 1 aromatic rings. The number of nitrogens with one attached hydrogen (secondary N) is 2. The third-order valence-corrected chi connectivity index (χ3v) is 6.48. The smallest absolute Gasteiger partial charge is 0.251 e. The van der Waals surface area contributed by atoms with Crippen molar-refractivity contribution in [2.75, 3.05) is 26.7 Å². The molecule has 1 aliphatic heterocycles. The van der Waals surface area contributed by atoms with Crippen molar-refractivity contribution in [3.8, 4) is 0 Å². The first-order valence-corrected chi connectivity index (χ1v) is 10.7. The van der Waals surface area contributed by atoms with E-state index in [2.05, 4.69) is 10.6 Å². The second-order valence-corrected chi connectivity index (χ2v) is 9.69. The summed E-state index contributed by atoms with van der Waals surface area (Å²) in [6.45, 7) is 7.75. The molecule has 0 saturated carbocycles. The maximum absolute atomic E-state index is 13.0. The van der Waals surface area contributed by atoms with Crippen LogP contribution in [-0.4, -0.2) is 63.4 Å². The van der Waals surface area contributed by atoms with E-state index in [0.29, 0.717) is 0 Å². The molecule has 1 aromatic carbocycles. The standard InChI is InChI=1S/C19H29N3O5S/c1-13-10-22(11-14(2)27-13)28(25,26)16-8-6-7-15(9-16)17(23)21-12-19(3,4)18(24)20-5/h6-9,13-14H,10-12H2,1-5H3,(H,20,24)(H,21,23). The van der Waals surface area contributed by atoms with Gasteiger partial charge in [0.05, 0.1) is 22.5 Å².